The Morgan fingerprint density at radius 1 is 1.12 bits per heavy atom. The zero-order chi connectivity index (χ0) is 18.8. The van der Waals surface area contributed by atoms with Crippen molar-refractivity contribution in [2.75, 3.05) is 19.4 Å². The van der Waals surface area contributed by atoms with E-state index >= 15 is 0 Å². The first-order valence-corrected chi connectivity index (χ1v) is 8.66. The SMILES string of the molecule is Cc1cc(NC(=O)c2ccc(S(=O)(=O)N(C)C)cc2)ccc1[N+](=O)[O-]. The van der Waals surface area contributed by atoms with Crippen LogP contribution in [0, 0.1) is 17.0 Å². The van der Waals surface area contributed by atoms with Crippen molar-refractivity contribution >= 4 is 27.3 Å². The smallest absolute Gasteiger partial charge is 0.272 e. The van der Waals surface area contributed by atoms with Crippen LogP contribution in [0.15, 0.2) is 47.4 Å². The number of aryl methyl sites for hydroxylation is 1. The summed E-state index contributed by atoms with van der Waals surface area (Å²) in [4.78, 5) is 22.6. The molecule has 1 amide bonds. The van der Waals surface area contributed by atoms with Crippen molar-refractivity contribution in [2.45, 2.75) is 11.8 Å². The molecule has 2 aromatic carbocycles. The van der Waals surface area contributed by atoms with Gasteiger partial charge in [0.05, 0.1) is 9.82 Å². The number of hydrogen-bond acceptors (Lipinski definition) is 5. The molecule has 0 atom stereocenters. The quantitative estimate of drug-likeness (QED) is 0.648. The predicted octanol–water partition coefficient (Wildman–Crippen LogP) is 2.41. The largest absolute Gasteiger partial charge is 0.322 e. The lowest BCUT2D eigenvalue weighted by atomic mass is 10.1. The molecule has 0 saturated heterocycles. The molecule has 1 N–H and O–H groups in total. The number of hydrogen-bond donors (Lipinski definition) is 1. The average molecular weight is 363 g/mol. The fourth-order valence-electron chi connectivity index (χ4n) is 2.13. The number of benzene rings is 2. The Labute approximate surface area is 145 Å². The summed E-state index contributed by atoms with van der Waals surface area (Å²) in [5.74, 6) is -0.443. The van der Waals surface area contributed by atoms with Crippen LogP contribution in [0.2, 0.25) is 0 Å². The number of nitro benzene ring substituents is 1. The third-order valence-corrected chi connectivity index (χ3v) is 5.38. The summed E-state index contributed by atoms with van der Waals surface area (Å²) in [7, 11) is -0.712. The van der Waals surface area contributed by atoms with E-state index < -0.39 is 20.9 Å². The van der Waals surface area contributed by atoms with Gasteiger partial charge in [-0.1, -0.05) is 0 Å². The van der Waals surface area contributed by atoms with Crippen LogP contribution in [0.3, 0.4) is 0 Å². The first kappa shape index (κ1) is 18.6. The molecular formula is C16H17N3O5S. The molecule has 2 aromatic rings. The van der Waals surface area contributed by atoms with Crippen molar-refractivity contribution in [3.8, 4) is 0 Å². The maximum atomic E-state index is 12.2. The number of nitrogens with one attached hydrogen (secondary N) is 1. The van der Waals surface area contributed by atoms with Crippen LogP contribution >= 0.6 is 0 Å². The molecule has 8 nitrogen and oxygen atoms in total. The third-order valence-electron chi connectivity index (χ3n) is 3.55. The maximum absolute atomic E-state index is 12.2. The minimum absolute atomic E-state index is 0.0313. The summed E-state index contributed by atoms with van der Waals surface area (Å²) in [5.41, 5.74) is 1.08. The molecule has 0 bridgehead atoms. The molecule has 0 aromatic heterocycles. The van der Waals surface area contributed by atoms with Gasteiger partial charge in [0.25, 0.3) is 11.6 Å². The zero-order valence-electron chi connectivity index (χ0n) is 13.9. The van der Waals surface area contributed by atoms with Crippen molar-refractivity contribution in [1.82, 2.24) is 4.31 Å². The second-order valence-electron chi connectivity index (χ2n) is 5.52. The Morgan fingerprint density at radius 2 is 1.72 bits per heavy atom. The molecule has 2 rings (SSSR count). The highest BCUT2D eigenvalue weighted by atomic mass is 32.2. The van der Waals surface area contributed by atoms with Gasteiger partial charge in [0.1, 0.15) is 0 Å². The normalized spacial score (nSPS) is 11.4. The maximum Gasteiger partial charge on any atom is 0.272 e. The molecule has 0 aliphatic carbocycles. The Morgan fingerprint density at radius 3 is 2.20 bits per heavy atom. The van der Waals surface area contributed by atoms with Gasteiger partial charge in [0, 0.05) is 37.0 Å². The Kier molecular flexibility index (Phi) is 5.19. The van der Waals surface area contributed by atoms with E-state index in [4.69, 9.17) is 0 Å². The van der Waals surface area contributed by atoms with E-state index in [-0.39, 0.29) is 16.1 Å². The van der Waals surface area contributed by atoms with Gasteiger partial charge in [0.2, 0.25) is 10.0 Å². The Bertz CT molecular complexity index is 921. The predicted molar refractivity (Wildman–Crippen MR) is 93.1 cm³/mol. The number of nitro groups is 1. The van der Waals surface area contributed by atoms with E-state index in [1.165, 1.54) is 56.6 Å². The highest BCUT2D eigenvalue weighted by Gasteiger charge is 2.18. The highest BCUT2D eigenvalue weighted by Crippen LogP contribution is 2.22. The van der Waals surface area contributed by atoms with Gasteiger partial charge in [-0.3, -0.25) is 14.9 Å². The summed E-state index contributed by atoms with van der Waals surface area (Å²) in [5, 5.41) is 13.4. The fourth-order valence-corrected chi connectivity index (χ4v) is 3.03. The second-order valence-corrected chi connectivity index (χ2v) is 7.68. The first-order valence-electron chi connectivity index (χ1n) is 7.22. The van der Waals surface area contributed by atoms with Crippen molar-refractivity contribution in [1.29, 1.82) is 0 Å². The number of nitrogens with zero attached hydrogens (tertiary/aromatic N) is 2. The monoisotopic (exact) mass is 363 g/mol. The van der Waals surface area contributed by atoms with Crippen LogP contribution in [-0.4, -0.2) is 37.6 Å². The van der Waals surface area contributed by atoms with Gasteiger partial charge in [0.15, 0.2) is 0 Å². The van der Waals surface area contributed by atoms with Gasteiger partial charge < -0.3 is 5.32 Å². The molecule has 0 aliphatic heterocycles. The third kappa shape index (κ3) is 4.01. The summed E-state index contributed by atoms with van der Waals surface area (Å²) >= 11 is 0. The zero-order valence-corrected chi connectivity index (χ0v) is 14.7. The average Bonchev–Trinajstić information content (AvgIpc) is 2.54. The van der Waals surface area contributed by atoms with E-state index in [9.17, 15) is 23.3 Å². The second kappa shape index (κ2) is 6.99. The molecule has 0 heterocycles. The van der Waals surface area contributed by atoms with Gasteiger partial charge in [-0.15, -0.1) is 0 Å². The number of carbonyl (C=O) groups excluding carboxylic acids is 1. The topological polar surface area (TPSA) is 110 Å². The minimum atomic E-state index is -3.56. The van der Waals surface area contributed by atoms with E-state index in [0.29, 0.717) is 11.3 Å². The van der Waals surface area contributed by atoms with E-state index in [1.807, 2.05) is 0 Å². The van der Waals surface area contributed by atoms with Crippen LogP contribution < -0.4 is 5.32 Å². The highest BCUT2D eigenvalue weighted by molar-refractivity contribution is 7.89. The standard InChI is InChI=1S/C16H17N3O5S/c1-11-10-13(6-9-15(11)19(21)22)17-16(20)12-4-7-14(8-5-12)25(23,24)18(2)3/h4-10H,1-3H3,(H,17,20). The molecule has 9 heteroatoms. The van der Waals surface area contributed by atoms with Crippen LogP contribution in [0.25, 0.3) is 0 Å². The van der Waals surface area contributed by atoms with Crippen LogP contribution in [0.4, 0.5) is 11.4 Å². The molecule has 0 unspecified atom stereocenters. The molecule has 0 fully saturated rings. The lowest BCUT2D eigenvalue weighted by Gasteiger charge is -2.11. The van der Waals surface area contributed by atoms with E-state index in [2.05, 4.69) is 5.32 Å². The number of anilines is 1. The Hall–Kier alpha value is -2.78. The lowest BCUT2D eigenvalue weighted by molar-refractivity contribution is -0.385. The Balaban J connectivity index is 2.19. The summed E-state index contributed by atoms with van der Waals surface area (Å²) in [6, 6.07) is 9.77. The first-order chi connectivity index (χ1) is 11.6. The fraction of sp³-hybridized carbons (Fsp3) is 0.188. The number of sulfonamides is 1. The summed E-state index contributed by atoms with van der Waals surface area (Å²) in [6.45, 7) is 1.58. The molecule has 132 valence electrons. The van der Waals surface area contributed by atoms with Gasteiger partial charge in [-0.05, 0) is 43.3 Å². The van der Waals surface area contributed by atoms with Crippen molar-refractivity contribution in [2.24, 2.45) is 0 Å². The van der Waals surface area contributed by atoms with E-state index in [1.54, 1.807) is 6.92 Å². The van der Waals surface area contributed by atoms with Crippen LogP contribution in [-0.2, 0) is 10.0 Å². The van der Waals surface area contributed by atoms with Crippen molar-refractivity contribution in [3.05, 3.63) is 63.7 Å². The molecule has 0 saturated carbocycles. The molecule has 25 heavy (non-hydrogen) atoms. The van der Waals surface area contributed by atoms with Crippen LogP contribution in [0.5, 0.6) is 0 Å². The summed E-state index contributed by atoms with van der Waals surface area (Å²) < 4.78 is 25.1. The van der Waals surface area contributed by atoms with Gasteiger partial charge in [-0.2, -0.15) is 0 Å². The number of rotatable bonds is 5. The van der Waals surface area contributed by atoms with Gasteiger partial charge >= 0.3 is 0 Å². The summed E-state index contributed by atoms with van der Waals surface area (Å²) in [6.07, 6.45) is 0. The van der Waals surface area contributed by atoms with Crippen molar-refractivity contribution in [3.63, 3.8) is 0 Å². The molecule has 0 spiro atoms. The number of amides is 1. The molecule has 0 radical (unpaired) electrons. The van der Waals surface area contributed by atoms with E-state index in [0.717, 1.165) is 4.31 Å². The molecule has 0 aliphatic rings. The minimum Gasteiger partial charge on any atom is -0.322 e. The number of carbonyl (C=O) groups is 1. The molecular weight excluding hydrogens is 346 g/mol. The lowest BCUT2D eigenvalue weighted by Crippen LogP contribution is -2.22. The van der Waals surface area contributed by atoms with Crippen LogP contribution in [0.1, 0.15) is 15.9 Å². The van der Waals surface area contributed by atoms with Crippen molar-refractivity contribution < 1.29 is 18.1 Å². The van der Waals surface area contributed by atoms with Gasteiger partial charge in [-0.25, -0.2) is 12.7 Å².